The number of rotatable bonds is 9. The number of nitrogens with one attached hydrogen (secondary N) is 1. The molecule has 1 spiro atoms. The number of carbonyl (C=O) groups excluding carboxylic acids is 1. The molecule has 0 saturated carbocycles. The molecule has 1 amide bonds. The lowest BCUT2D eigenvalue weighted by Gasteiger charge is -2.34. The smallest absolute Gasteiger partial charge is 0.406 e. The van der Waals surface area contributed by atoms with E-state index in [1.54, 1.807) is 31.2 Å². The zero-order valence-corrected chi connectivity index (χ0v) is 25.2. The van der Waals surface area contributed by atoms with E-state index in [1.165, 1.54) is 34.9 Å². The molecule has 5 rings (SSSR count). The molecule has 3 aromatic rings. The summed E-state index contributed by atoms with van der Waals surface area (Å²) in [5.74, 6) is -1.19. The van der Waals surface area contributed by atoms with Gasteiger partial charge in [0.1, 0.15) is 17.1 Å². The van der Waals surface area contributed by atoms with Crippen LogP contribution in [0.3, 0.4) is 0 Å². The molecule has 3 heterocycles. The minimum absolute atomic E-state index is 0.0366. The molecule has 15 heteroatoms. The number of benzene rings is 2. The monoisotopic (exact) mass is 650 g/mol. The number of pyridine rings is 1. The Labute approximate surface area is 252 Å². The van der Waals surface area contributed by atoms with Crippen molar-refractivity contribution in [1.82, 2.24) is 14.6 Å². The van der Waals surface area contributed by atoms with E-state index in [9.17, 15) is 34.8 Å². The van der Waals surface area contributed by atoms with Crippen molar-refractivity contribution in [3.8, 4) is 5.75 Å². The zero-order valence-electron chi connectivity index (χ0n) is 23.5. The topological polar surface area (TPSA) is 135 Å². The van der Waals surface area contributed by atoms with Gasteiger partial charge < -0.3 is 10.1 Å². The Balaban J connectivity index is 1.21. The minimum Gasteiger partial charge on any atom is -0.406 e. The predicted octanol–water partition coefficient (Wildman–Crippen LogP) is 3.55. The van der Waals surface area contributed by atoms with E-state index < -0.39 is 43.4 Å². The second-order valence-corrected chi connectivity index (χ2v) is 14.8. The van der Waals surface area contributed by atoms with Crippen LogP contribution in [0, 0.1) is 6.92 Å². The van der Waals surface area contributed by atoms with Gasteiger partial charge >= 0.3 is 6.36 Å². The maximum absolute atomic E-state index is 13.2. The number of aryl methyl sites for hydroxylation is 2. The van der Waals surface area contributed by atoms with E-state index in [-0.39, 0.29) is 60.2 Å². The zero-order chi connectivity index (χ0) is 31.8. The van der Waals surface area contributed by atoms with Gasteiger partial charge in [-0.15, -0.1) is 13.2 Å². The highest BCUT2D eigenvalue weighted by molar-refractivity contribution is 7.90. The quantitative estimate of drug-likeness (QED) is 0.374. The summed E-state index contributed by atoms with van der Waals surface area (Å²) in [6.07, 6.45) is -1.46. The molecule has 1 N–H and O–H groups in total. The van der Waals surface area contributed by atoms with Gasteiger partial charge in [-0.25, -0.2) is 21.1 Å². The van der Waals surface area contributed by atoms with Gasteiger partial charge in [-0.3, -0.25) is 14.8 Å². The predicted molar refractivity (Wildman–Crippen MR) is 155 cm³/mol. The Kier molecular flexibility index (Phi) is 8.57. The minimum atomic E-state index is -4.87. The number of alkyl halides is 3. The second-order valence-electron chi connectivity index (χ2n) is 10.7. The molecule has 1 saturated heterocycles. The van der Waals surface area contributed by atoms with Crippen LogP contribution in [0.25, 0.3) is 0 Å². The number of sulfonamides is 1. The molecule has 1 fully saturated rings. The number of piperidine rings is 1. The Bertz CT molecular complexity index is 1810. The van der Waals surface area contributed by atoms with Gasteiger partial charge in [-0.05, 0) is 79.3 Å². The molecule has 2 aliphatic heterocycles. The van der Waals surface area contributed by atoms with Crippen molar-refractivity contribution in [2.45, 2.75) is 48.7 Å². The molecule has 2 aliphatic rings. The van der Waals surface area contributed by atoms with Crippen molar-refractivity contribution in [3.63, 3.8) is 0 Å². The van der Waals surface area contributed by atoms with Crippen molar-refractivity contribution in [3.05, 3.63) is 89.2 Å². The lowest BCUT2D eigenvalue weighted by atomic mass is 9.89. The molecule has 0 bridgehead atoms. The third kappa shape index (κ3) is 7.11. The maximum atomic E-state index is 13.2. The Morgan fingerprint density at radius 1 is 1.00 bits per heavy atom. The first-order valence-electron chi connectivity index (χ1n) is 13.6. The summed E-state index contributed by atoms with van der Waals surface area (Å²) in [6, 6.07) is 13.0. The van der Waals surface area contributed by atoms with Crippen molar-refractivity contribution >= 4 is 31.6 Å². The van der Waals surface area contributed by atoms with Gasteiger partial charge in [-0.1, -0.05) is 18.2 Å². The molecule has 0 radical (unpaired) electrons. The van der Waals surface area contributed by atoms with Crippen LogP contribution in [0.5, 0.6) is 5.75 Å². The van der Waals surface area contributed by atoms with Crippen LogP contribution in [-0.4, -0.2) is 68.6 Å². The summed E-state index contributed by atoms with van der Waals surface area (Å²) in [5, 5.41) is 2.62. The van der Waals surface area contributed by atoms with Crippen molar-refractivity contribution in [1.29, 1.82) is 0 Å². The number of hydrogen-bond acceptors (Lipinski definition) is 8. The number of carbonyl (C=O) groups is 1. The fourth-order valence-corrected chi connectivity index (χ4v) is 8.16. The normalized spacial score (nSPS) is 17.4. The molecular formula is C29H29F3N4O6S2. The number of amides is 1. The van der Waals surface area contributed by atoms with Crippen LogP contribution in [0.4, 0.5) is 13.2 Å². The van der Waals surface area contributed by atoms with Crippen LogP contribution in [-0.2, 0) is 36.8 Å². The molecule has 44 heavy (non-hydrogen) atoms. The number of halogens is 3. The summed E-state index contributed by atoms with van der Waals surface area (Å²) < 4.78 is 95.3. The highest BCUT2D eigenvalue weighted by Gasteiger charge is 2.47. The highest BCUT2D eigenvalue weighted by Crippen LogP contribution is 2.33. The van der Waals surface area contributed by atoms with Gasteiger partial charge in [0.15, 0.2) is 9.84 Å². The Hall–Kier alpha value is -3.82. The standard InChI is InChI=1S/C29H29F3N4O6S2/c1-20-17-25(43(38,39)19-21-7-12-33-13-8-21)6-5-22(20)9-16-44(40,41)36-14-10-28(11-15-36)27(37)34-26(35-28)23-3-2-4-24(18-23)42-29(30,31)32/h2-8,12-13,17-18H,9-11,14-16,19H2,1H3,(H,34,35,37). The average Bonchev–Trinajstić information content (AvgIpc) is 3.27. The van der Waals surface area contributed by atoms with Crippen LogP contribution < -0.4 is 10.1 Å². The molecule has 0 atom stereocenters. The lowest BCUT2D eigenvalue weighted by Crippen LogP contribution is -2.50. The molecule has 0 unspecified atom stereocenters. The van der Waals surface area contributed by atoms with E-state index in [0.29, 0.717) is 16.7 Å². The van der Waals surface area contributed by atoms with Crippen molar-refractivity contribution in [2.24, 2.45) is 4.99 Å². The van der Waals surface area contributed by atoms with Crippen LogP contribution >= 0.6 is 0 Å². The van der Waals surface area contributed by atoms with Gasteiger partial charge in [0.2, 0.25) is 10.0 Å². The first kappa shape index (κ1) is 31.6. The van der Waals surface area contributed by atoms with Gasteiger partial charge in [0.05, 0.1) is 16.4 Å². The van der Waals surface area contributed by atoms with E-state index in [1.807, 2.05) is 0 Å². The molecular weight excluding hydrogens is 621 g/mol. The van der Waals surface area contributed by atoms with E-state index >= 15 is 0 Å². The average molecular weight is 651 g/mol. The molecule has 1 aromatic heterocycles. The lowest BCUT2D eigenvalue weighted by molar-refractivity contribution is -0.274. The number of hydrogen-bond donors (Lipinski definition) is 1. The second kappa shape index (κ2) is 11.9. The van der Waals surface area contributed by atoms with Gasteiger partial charge in [0.25, 0.3) is 5.91 Å². The Morgan fingerprint density at radius 3 is 2.36 bits per heavy atom. The van der Waals surface area contributed by atoms with E-state index in [2.05, 4.69) is 20.0 Å². The fourth-order valence-electron chi connectivity index (χ4n) is 5.26. The van der Waals surface area contributed by atoms with E-state index in [0.717, 1.165) is 12.1 Å². The van der Waals surface area contributed by atoms with Crippen LogP contribution in [0.15, 0.2) is 76.9 Å². The summed E-state index contributed by atoms with van der Waals surface area (Å²) in [4.78, 5) is 21.4. The third-order valence-electron chi connectivity index (χ3n) is 7.67. The number of aliphatic imine (C=N–C) groups is 1. The summed E-state index contributed by atoms with van der Waals surface area (Å²) in [5.41, 5.74) is 0.974. The maximum Gasteiger partial charge on any atom is 0.573 e. The van der Waals surface area contributed by atoms with Gasteiger partial charge in [-0.2, -0.15) is 0 Å². The molecule has 234 valence electrons. The fraction of sp³-hybridized carbons (Fsp3) is 0.345. The number of nitrogens with zero attached hydrogens (tertiary/aromatic N) is 3. The summed E-state index contributed by atoms with van der Waals surface area (Å²) in [6.45, 7) is 1.81. The van der Waals surface area contributed by atoms with Crippen LogP contribution in [0.2, 0.25) is 0 Å². The first-order chi connectivity index (χ1) is 20.7. The van der Waals surface area contributed by atoms with Crippen LogP contribution in [0.1, 0.15) is 35.1 Å². The summed E-state index contributed by atoms with van der Waals surface area (Å²) >= 11 is 0. The highest BCUT2D eigenvalue weighted by atomic mass is 32.2. The summed E-state index contributed by atoms with van der Waals surface area (Å²) in [7, 11) is -7.33. The van der Waals surface area contributed by atoms with Gasteiger partial charge in [0, 0.05) is 31.0 Å². The number of sulfone groups is 1. The number of aromatic nitrogens is 1. The molecule has 2 aromatic carbocycles. The van der Waals surface area contributed by atoms with E-state index in [4.69, 9.17) is 0 Å². The molecule has 0 aliphatic carbocycles. The number of amidine groups is 1. The third-order valence-corrected chi connectivity index (χ3v) is 11.2. The number of ether oxygens (including phenoxy) is 1. The molecule has 10 nitrogen and oxygen atoms in total. The largest absolute Gasteiger partial charge is 0.573 e. The van der Waals surface area contributed by atoms with Crippen molar-refractivity contribution < 1.29 is 39.5 Å². The first-order valence-corrected chi connectivity index (χ1v) is 16.9. The Morgan fingerprint density at radius 2 is 1.70 bits per heavy atom. The van der Waals surface area contributed by atoms with Crippen molar-refractivity contribution in [2.75, 3.05) is 18.8 Å². The SMILES string of the molecule is Cc1cc(S(=O)(=O)Cc2ccncc2)ccc1CCS(=O)(=O)N1CCC2(CC1)N=C(c1cccc(OC(F)(F)F)c1)NC2=O.